The number of amides is 1. The van der Waals surface area contributed by atoms with Crippen LogP contribution in [-0.4, -0.2) is 11.0 Å². The molecule has 3 heteroatoms. The van der Waals surface area contributed by atoms with Crippen molar-refractivity contribution >= 4 is 11.6 Å². The van der Waals surface area contributed by atoms with E-state index in [1.807, 2.05) is 24.3 Å². The summed E-state index contributed by atoms with van der Waals surface area (Å²) in [6.07, 6.45) is 4.87. The van der Waals surface area contributed by atoms with Gasteiger partial charge in [-0.3, -0.25) is 4.79 Å². The Bertz CT molecular complexity index is 440. The van der Waals surface area contributed by atoms with Crippen molar-refractivity contribution in [2.75, 3.05) is 5.32 Å². The quantitative estimate of drug-likeness (QED) is 0.859. The highest BCUT2D eigenvalue weighted by Crippen LogP contribution is 2.48. The van der Waals surface area contributed by atoms with Gasteiger partial charge in [-0.25, -0.2) is 0 Å². The van der Waals surface area contributed by atoms with Crippen LogP contribution in [0.5, 0.6) is 0 Å². The Balaban J connectivity index is 1.63. The minimum absolute atomic E-state index is 0.0423. The van der Waals surface area contributed by atoms with Crippen molar-refractivity contribution in [3.63, 3.8) is 0 Å². The number of hydrogen-bond acceptors (Lipinski definition) is 2. The minimum Gasteiger partial charge on any atom is -0.392 e. The zero-order valence-electron chi connectivity index (χ0n) is 10.4. The fraction of sp³-hybridized carbons (Fsp3) is 0.533. The van der Waals surface area contributed by atoms with E-state index in [1.165, 1.54) is 19.3 Å². The number of carbonyl (C=O) groups excluding carboxylic acids is 1. The largest absolute Gasteiger partial charge is 0.392 e. The lowest BCUT2D eigenvalue weighted by Crippen LogP contribution is -2.27. The number of aliphatic hydroxyl groups excluding tert-OH is 1. The first-order chi connectivity index (χ1) is 8.76. The number of hydrogen-bond donors (Lipinski definition) is 2. The van der Waals surface area contributed by atoms with Crippen LogP contribution in [0.3, 0.4) is 0 Å². The van der Waals surface area contributed by atoms with E-state index >= 15 is 0 Å². The zero-order chi connectivity index (χ0) is 12.5. The maximum atomic E-state index is 12.2. The van der Waals surface area contributed by atoms with E-state index in [2.05, 4.69) is 5.32 Å². The number of benzene rings is 1. The minimum atomic E-state index is 0.0423. The van der Waals surface area contributed by atoms with Gasteiger partial charge in [0.2, 0.25) is 5.91 Å². The molecule has 2 saturated carbocycles. The van der Waals surface area contributed by atoms with Gasteiger partial charge in [0.25, 0.3) is 0 Å². The van der Waals surface area contributed by atoms with E-state index < -0.39 is 0 Å². The molecule has 96 valence electrons. The van der Waals surface area contributed by atoms with E-state index in [0.717, 1.165) is 23.6 Å². The van der Waals surface area contributed by atoms with E-state index in [1.54, 1.807) is 0 Å². The van der Waals surface area contributed by atoms with Crippen LogP contribution in [0.15, 0.2) is 24.3 Å². The van der Waals surface area contributed by atoms with Gasteiger partial charge in [0.1, 0.15) is 0 Å². The third-order valence-corrected chi connectivity index (χ3v) is 4.48. The molecule has 2 N–H and O–H groups in total. The van der Waals surface area contributed by atoms with Crippen molar-refractivity contribution in [1.82, 2.24) is 0 Å². The van der Waals surface area contributed by atoms with E-state index in [4.69, 9.17) is 5.11 Å². The molecule has 2 aliphatic rings. The highest BCUT2D eigenvalue weighted by Gasteiger charge is 2.42. The van der Waals surface area contributed by atoms with E-state index in [9.17, 15) is 4.79 Å². The Morgan fingerprint density at radius 2 is 2.00 bits per heavy atom. The molecule has 2 aliphatic carbocycles. The van der Waals surface area contributed by atoms with E-state index in [0.29, 0.717) is 5.92 Å². The fourth-order valence-corrected chi connectivity index (χ4v) is 3.49. The molecular weight excluding hydrogens is 226 g/mol. The van der Waals surface area contributed by atoms with Gasteiger partial charge in [-0.05, 0) is 48.8 Å². The van der Waals surface area contributed by atoms with Gasteiger partial charge in [0.15, 0.2) is 0 Å². The lowest BCUT2D eigenvalue weighted by molar-refractivity contribution is -0.121. The number of aliphatic hydroxyl groups is 1. The average Bonchev–Trinajstić information content (AvgIpc) is 3.02. The van der Waals surface area contributed by atoms with Crippen LogP contribution in [-0.2, 0) is 11.4 Å². The highest BCUT2D eigenvalue weighted by molar-refractivity contribution is 5.93. The second kappa shape index (κ2) is 4.73. The fourth-order valence-electron chi connectivity index (χ4n) is 3.49. The summed E-state index contributed by atoms with van der Waals surface area (Å²) < 4.78 is 0. The maximum Gasteiger partial charge on any atom is 0.227 e. The summed E-state index contributed by atoms with van der Waals surface area (Å²) in [5.41, 5.74) is 1.70. The third kappa shape index (κ3) is 2.15. The molecule has 0 heterocycles. The predicted molar refractivity (Wildman–Crippen MR) is 69.9 cm³/mol. The average molecular weight is 245 g/mol. The van der Waals surface area contributed by atoms with Crippen molar-refractivity contribution in [2.24, 2.45) is 17.8 Å². The summed E-state index contributed by atoms with van der Waals surface area (Å²) in [7, 11) is 0. The third-order valence-electron chi connectivity index (χ3n) is 4.48. The molecule has 2 fully saturated rings. The SMILES string of the molecule is O=C(Nc1ccc(CO)cc1)C1CC2CCC1C2. The molecule has 2 bridgehead atoms. The second-order valence-electron chi connectivity index (χ2n) is 5.63. The Morgan fingerprint density at radius 3 is 2.56 bits per heavy atom. The van der Waals surface area contributed by atoms with Crippen LogP contribution in [0.25, 0.3) is 0 Å². The number of carbonyl (C=O) groups is 1. The Hall–Kier alpha value is -1.35. The van der Waals surface area contributed by atoms with Crippen LogP contribution in [0, 0.1) is 17.8 Å². The van der Waals surface area contributed by atoms with Gasteiger partial charge in [0, 0.05) is 11.6 Å². The van der Waals surface area contributed by atoms with Crippen molar-refractivity contribution in [1.29, 1.82) is 0 Å². The monoisotopic (exact) mass is 245 g/mol. The van der Waals surface area contributed by atoms with Gasteiger partial charge in [-0.15, -0.1) is 0 Å². The molecule has 1 amide bonds. The first kappa shape index (κ1) is 11.7. The molecule has 0 radical (unpaired) electrons. The summed E-state index contributed by atoms with van der Waals surface area (Å²) >= 11 is 0. The summed E-state index contributed by atoms with van der Waals surface area (Å²) in [4.78, 5) is 12.2. The number of nitrogens with one attached hydrogen (secondary N) is 1. The first-order valence-electron chi connectivity index (χ1n) is 6.77. The number of fused-ring (bicyclic) bond motifs is 2. The van der Waals surface area contributed by atoms with Crippen LogP contribution in [0.4, 0.5) is 5.69 Å². The topological polar surface area (TPSA) is 49.3 Å². The lowest BCUT2D eigenvalue weighted by atomic mass is 9.88. The molecule has 1 aromatic rings. The maximum absolute atomic E-state index is 12.2. The van der Waals surface area contributed by atoms with Crippen molar-refractivity contribution in [3.8, 4) is 0 Å². The van der Waals surface area contributed by atoms with E-state index in [-0.39, 0.29) is 18.4 Å². The van der Waals surface area contributed by atoms with Gasteiger partial charge in [-0.1, -0.05) is 18.6 Å². The standard InChI is InChI=1S/C15H19NO2/c17-9-10-2-5-13(6-3-10)16-15(18)14-8-11-1-4-12(14)7-11/h2-3,5-6,11-12,14,17H,1,4,7-9H2,(H,16,18). The van der Waals surface area contributed by atoms with Crippen LogP contribution < -0.4 is 5.32 Å². The number of anilines is 1. The predicted octanol–water partition coefficient (Wildman–Crippen LogP) is 2.55. The molecular formula is C15H19NO2. The Kier molecular flexibility index (Phi) is 3.08. The highest BCUT2D eigenvalue weighted by atomic mass is 16.3. The second-order valence-corrected chi connectivity index (χ2v) is 5.63. The summed E-state index contributed by atoms with van der Waals surface area (Å²) in [5, 5.41) is 12.0. The molecule has 18 heavy (non-hydrogen) atoms. The normalized spacial score (nSPS) is 29.5. The van der Waals surface area contributed by atoms with Crippen LogP contribution >= 0.6 is 0 Å². The molecule has 0 saturated heterocycles. The Morgan fingerprint density at radius 1 is 1.22 bits per heavy atom. The van der Waals surface area contributed by atoms with Gasteiger partial charge >= 0.3 is 0 Å². The first-order valence-corrected chi connectivity index (χ1v) is 6.77. The van der Waals surface area contributed by atoms with Gasteiger partial charge in [-0.2, -0.15) is 0 Å². The summed E-state index contributed by atoms with van der Waals surface area (Å²) in [5.74, 6) is 1.81. The van der Waals surface area contributed by atoms with Crippen LogP contribution in [0.1, 0.15) is 31.2 Å². The summed E-state index contributed by atoms with van der Waals surface area (Å²) in [6.45, 7) is 0.0423. The lowest BCUT2D eigenvalue weighted by Gasteiger charge is -2.20. The summed E-state index contributed by atoms with van der Waals surface area (Å²) in [6, 6.07) is 7.40. The Labute approximate surface area is 107 Å². The van der Waals surface area contributed by atoms with Gasteiger partial charge < -0.3 is 10.4 Å². The molecule has 0 spiro atoms. The van der Waals surface area contributed by atoms with Crippen molar-refractivity contribution < 1.29 is 9.90 Å². The number of rotatable bonds is 3. The molecule has 3 atom stereocenters. The zero-order valence-corrected chi connectivity index (χ0v) is 10.4. The molecule has 0 aliphatic heterocycles. The van der Waals surface area contributed by atoms with Crippen molar-refractivity contribution in [2.45, 2.75) is 32.3 Å². The van der Waals surface area contributed by atoms with Gasteiger partial charge in [0.05, 0.1) is 6.61 Å². The molecule has 3 rings (SSSR count). The molecule has 1 aromatic carbocycles. The molecule has 0 aromatic heterocycles. The van der Waals surface area contributed by atoms with Crippen LogP contribution in [0.2, 0.25) is 0 Å². The smallest absolute Gasteiger partial charge is 0.227 e. The molecule has 3 unspecified atom stereocenters. The van der Waals surface area contributed by atoms with Crippen molar-refractivity contribution in [3.05, 3.63) is 29.8 Å². The molecule has 3 nitrogen and oxygen atoms in total.